The Morgan fingerprint density at radius 3 is 2.59 bits per heavy atom. The van der Waals surface area contributed by atoms with Crippen molar-refractivity contribution in [2.45, 2.75) is 38.6 Å². The van der Waals surface area contributed by atoms with Gasteiger partial charge < -0.3 is 0 Å². The SMILES string of the molecule is CC1CCCCC1N=C1NN=C(c2c(F)cccc2F)CS1. The maximum atomic E-state index is 13.8. The Morgan fingerprint density at radius 1 is 1.23 bits per heavy atom. The molecule has 1 aliphatic carbocycles. The fourth-order valence-corrected chi connectivity index (χ4v) is 3.73. The third-order valence-corrected chi connectivity index (χ3v) is 5.12. The lowest BCUT2D eigenvalue weighted by atomic mass is 9.86. The van der Waals surface area contributed by atoms with Gasteiger partial charge in [-0.1, -0.05) is 37.6 Å². The van der Waals surface area contributed by atoms with E-state index in [4.69, 9.17) is 4.99 Å². The number of hydrogen-bond acceptors (Lipinski definition) is 3. The molecule has 1 fully saturated rings. The molecule has 3 rings (SSSR count). The molecule has 1 aromatic rings. The Balaban J connectivity index is 1.74. The van der Waals surface area contributed by atoms with Crippen LogP contribution in [0.5, 0.6) is 0 Å². The van der Waals surface area contributed by atoms with Gasteiger partial charge >= 0.3 is 0 Å². The van der Waals surface area contributed by atoms with Crippen LogP contribution in [0.2, 0.25) is 0 Å². The van der Waals surface area contributed by atoms with E-state index in [9.17, 15) is 8.78 Å². The van der Waals surface area contributed by atoms with Crippen LogP contribution in [-0.4, -0.2) is 22.7 Å². The van der Waals surface area contributed by atoms with Crippen molar-refractivity contribution in [2.24, 2.45) is 16.0 Å². The number of amidine groups is 1. The molecule has 118 valence electrons. The Hall–Kier alpha value is -1.43. The Kier molecular flexibility index (Phi) is 4.76. The molecule has 6 heteroatoms. The van der Waals surface area contributed by atoms with E-state index in [0.29, 0.717) is 23.4 Å². The van der Waals surface area contributed by atoms with Crippen LogP contribution >= 0.6 is 11.8 Å². The highest BCUT2D eigenvalue weighted by Crippen LogP contribution is 2.27. The zero-order chi connectivity index (χ0) is 15.5. The molecule has 2 aliphatic rings. The predicted molar refractivity (Wildman–Crippen MR) is 87.3 cm³/mol. The molecule has 0 aromatic heterocycles. The summed E-state index contributed by atoms with van der Waals surface area (Å²) in [5, 5.41) is 4.88. The van der Waals surface area contributed by atoms with Crippen LogP contribution in [0.25, 0.3) is 0 Å². The number of hydrazone groups is 1. The molecule has 0 spiro atoms. The third kappa shape index (κ3) is 3.32. The summed E-state index contributed by atoms with van der Waals surface area (Å²) in [5.74, 6) is -0.159. The number of thioether (sulfide) groups is 1. The van der Waals surface area contributed by atoms with Gasteiger partial charge in [-0.2, -0.15) is 5.10 Å². The monoisotopic (exact) mass is 323 g/mol. The highest BCUT2D eigenvalue weighted by Gasteiger charge is 2.23. The third-order valence-electron chi connectivity index (χ3n) is 4.23. The largest absolute Gasteiger partial charge is 0.258 e. The van der Waals surface area contributed by atoms with Gasteiger partial charge in [0.2, 0.25) is 0 Å². The second kappa shape index (κ2) is 6.77. The van der Waals surface area contributed by atoms with E-state index in [1.807, 2.05) is 0 Å². The molecule has 1 saturated carbocycles. The van der Waals surface area contributed by atoms with Gasteiger partial charge in [0.1, 0.15) is 11.6 Å². The molecule has 0 radical (unpaired) electrons. The summed E-state index contributed by atoms with van der Waals surface area (Å²) < 4.78 is 27.5. The second-order valence-corrected chi connectivity index (χ2v) is 6.78. The van der Waals surface area contributed by atoms with Crippen LogP contribution in [0, 0.1) is 17.6 Å². The number of aliphatic imine (C=N–C) groups is 1. The van der Waals surface area contributed by atoms with Crippen molar-refractivity contribution in [2.75, 3.05) is 5.75 Å². The first kappa shape index (κ1) is 15.5. The summed E-state index contributed by atoms with van der Waals surface area (Å²) in [6.45, 7) is 2.23. The molecule has 22 heavy (non-hydrogen) atoms. The summed E-state index contributed by atoms with van der Waals surface area (Å²) in [7, 11) is 0. The topological polar surface area (TPSA) is 36.8 Å². The molecule has 1 aromatic carbocycles. The molecule has 1 N–H and O–H groups in total. The first-order valence-corrected chi connectivity index (χ1v) is 8.61. The summed E-state index contributed by atoms with van der Waals surface area (Å²) in [4.78, 5) is 4.72. The van der Waals surface area contributed by atoms with Gasteiger partial charge in [0.15, 0.2) is 5.17 Å². The van der Waals surface area contributed by atoms with Crippen molar-refractivity contribution in [3.8, 4) is 0 Å². The zero-order valence-corrected chi connectivity index (χ0v) is 13.3. The summed E-state index contributed by atoms with van der Waals surface area (Å²) >= 11 is 1.45. The minimum Gasteiger partial charge on any atom is -0.258 e. The summed E-state index contributed by atoms with van der Waals surface area (Å²) in [5.41, 5.74) is 3.19. The Labute approximate surface area is 133 Å². The molecular weight excluding hydrogens is 304 g/mol. The molecule has 1 aliphatic heterocycles. The van der Waals surface area contributed by atoms with E-state index in [2.05, 4.69) is 17.5 Å². The van der Waals surface area contributed by atoms with E-state index >= 15 is 0 Å². The average Bonchev–Trinajstić information content (AvgIpc) is 2.51. The van der Waals surface area contributed by atoms with E-state index in [0.717, 1.165) is 11.6 Å². The van der Waals surface area contributed by atoms with E-state index in [-0.39, 0.29) is 5.56 Å². The lowest BCUT2D eigenvalue weighted by Crippen LogP contribution is -2.30. The predicted octanol–water partition coefficient (Wildman–Crippen LogP) is 3.94. The minimum absolute atomic E-state index is 0.0485. The zero-order valence-electron chi connectivity index (χ0n) is 12.5. The van der Waals surface area contributed by atoms with Gasteiger partial charge in [-0.25, -0.2) is 8.78 Å². The van der Waals surface area contributed by atoms with Gasteiger partial charge in [-0.3, -0.25) is 10.4 Å². The van der Waals surface area contributed by atoms with Crippen LogP contribution in [0.15, 0.2) is 28.3 Å². The first-order valence-electron chi connectivity index (χ1n) is 7.62. The quantitative estimate of drug-likeness (QED) is 0.895. The van der Waals surface area contributed by atoms with Crippen LogP contribution in [0.4, 0.5) is 8.78 Å². The number of halogens is 2. The van der Waals surface area contributed by atoms with Gasteiger partial charge in [0.25, 0.3) is 0 Å². The number of hydrogen-bond donors (Lipinski definition) is 1. The standard InChI is InChI=1S/C16H19F2N3S/c1-10-5-2-3-8-13(10)19-16-21-20-14(9-22-16)15-11(17)6-4-7-12(15)18/h4,6-7,10,13H,2-3,5,8-9H2,1H3,(H,19,21). The lowest BCUT2D eigenvalue weighted by molar-refractivity contribution is 0.333. The van der Waals surface area contributed by atoms with Crippen LogP contribution in [0.3, 0.4) is 0 Å². The molecule has 3 nitrogen and oxygen atoms in total. The van der Waals surface area contributed by atoms with Crippen molar-refractivity contribution in [3.63, 3.8) is 0 Å². The second-order valence-electron chi connectivity index (χ2n) is 5.82. The highest BCUT2D eigenvalue weighted by atomic mass is 32.2. The molecule has 2 atom stereocenters. The molecular formula is C16H19F2N3S. The maximum Gasteiger partial charge on any atom is 0.177 e. The Bertz CT molecular complexity index is 595. The number of rotatable bonds is 2. The van der Waals surface area contributed by atoms with Crippen molar-refractivity contribution in [3.05, 3.63) is 35.4 Å². The minimum atomic E-state index is -0.581. The van der Waals surface area contributed by atoms with E-state index in [1.54, 1.807) is 0 Å². The maximum absolute atomic E-state index is 13.8. The summed E-state index contributed by atoms with van der Waals surface area (Å²) in [6.07, 6.45) is 4.80. The van der Waals surface area contributed by atoms with Crippen LogP contribution in [-0.2, 0) is 0 Å². The van der Waals surface area contributed by atoms with Crippen molar-refractivity contribution in [1.29, 1.82) is 0 Å². The molecule has 0 amide bonds. The van der Waals surface area contributed by atoms with Crippen LogP contribution in [0.1, 0.15) is 38.2 Å². The van der Waals surface area contributed by atoms with Gasteiger partial charge in [0, 0.05) is 5.75 Å². The molecule has 1 heterocycles. The summed E-state index contributed by atoms with van der Waals surface area (Å²) in [6, 6.07) is 4.18. The van der Waals surface area contributed by atoms with E-state index in [1.165, 1.54) is 49.2 Å². The van der Waals surface area contributed by atoms with Crippen LogP contribution < -0.4 is 5.43 Å². The number of benzene rings is 1. The Morgan fingerprint density at radius 2 is 1.95 bits per heavy atom. The normalized spacial score (nSPS) is 27.4. The van der Waals surface area contributed by atoms with Gasteiger partial charge in [-0.15, -0.1) is 0 Å². The lowest BCUT2D eigenvalue weighted by Gasteiger charge is -2.26. The molecule has 0 bridgehead atoms. The van der Waals surface area contributed by atoms with Crippen molar-refractivity contribution >= 4 is 22.6 Å². The number of nitrogens with zero attached hydrogens (tertiary/aromatic N) is 2. The van der Waals surface area contributed by atoms with Gasteiger partial charge in [0.05, 0.1) is 17.3 Å². The van der Waals surface area contributed by atoms with E-state index < -0.39 is 11.6 Å². The first-order chi connectivity index (χ1) is 10.6. The van der Waals surface area contributed by atoms with Crippen molar-refractivity contribution < 1.29 is 8.78 Å². The van der Waals surface area contributed by atoms with Gasteiger partial charge in [-0.05, 0) is 30.9 Å². The molecule has 0 saturated heterocycles. The fraction of sp³-hybridized carbons (Fsp3) is 0.500. The highest BCUT2D eigenvalue weighted by molar-refractivity contribution is 8.14. The molecule has 2 unspecified atom stereocenters. The van der Waals surface area contributed by atoms with Crippen molar-refractivity contribution in [1.82, 2.24) is 5.43 Å². The number of nitrogens with one attached hydrogen (secondary N) is 1. The smallest absolute Gasteiger partial charge is 0.177 e. The average molecular weight is 323 g/mol. The fourth-order valence-electron chi connectivity index (χ4n) is 2.92.